The Morgan fingerprint density at radius 3 is 2.39 bits per heavy atom. The topological polar surface area (TPSA) is 66.4 Å². The molecule has 1 fully saturated rings. The fourth-order valence-electron chi connectivity index (χ4n) is 3.08. The molecule has 0 atom stereocenters. The number of hydrogen-bond donors (Lipinski definition) is 2. The molecule has 23 heavy (non-hydrogen) atoms. The van der Waals surface area contributed by atoms with E-state index < -0.39 is 0 Å². The van der Waals surface area contributed by atoms with E-state index in [9.17, 15) is 9.59 Å². The van der Waals surface area contributed by atoms with Crippen LogP contribution in [0, 0.1) is 19.8 Å². The van der Waals surface area contributed by atoms with E-state index in [1.807, 2.05) is 32.0 Å². The largest absolute Gasteiger partial charge is 0.396 e. The average molecular weight is 317 g/mol. The van der Waals surface area contributed by atoms with Crippen LogP contribution in [-0.2, 0) is 4.79 Å². The smallest absolute Gasteiger partial charge is 0.220 e. The maximum absolute atomic E-state index is 12.2. The van der Waals surface area contributed by atoms with Gasteiger partial charge in [-0.3, -0.25) is 9.59 Å². The molecule has 0 radical (unpaired) electrons. The summed E-state index contributed by atoms with van der Waals surface area (Å²) in [6.07, 6.45) is 4.25. The molecule has 1 aromatic rings. The lowest BCUT2D eigenvalue weighted by Crippen LogP contribution is -2.38. The summed E-state index contributed by atoms with van der Waals surface area (Å²) in [7, 11) is 0. The highest BCUT2D eigenvalue weighted by Gasteiger charge is 2.22. The minimum atomic E-state index is -0.0466. The van der Waals surface area contributed by atoms with Gasteiger partial charge in [0, 0.05) is 31.1 Å². The van der Waals surface area contributed by atoms with Crippen LogP contribution in [0.25, 0.3) is 0 Å². The van der Waals surface area contributed by atoms with Gasteiger partial charge in [-0.1, -0.05) is 12.1 Å². The predicted octanol–water partition coefficient (Wildman–Crippen LogP) is 2.93. The third kappa shape index (κ3) is 5.17. The molecular weight excluding hydrogens is 290 g/mol. The van der Waals surface area contributed by atoms with Crippen molar-refractivity contribution >= 4 is 11.7 Å². The van der Waals surface area contributed by atoms with Crippen molar-refractivity contribution in [2.45, 2.75) is 58.4 Å². The molecule has 1 aliphatic carbocycles. The number of rotatable bonds is 6. The quantitative estimate of drug-likeness (QED) is 0.793. The van der Waals surface area contributed by atoms with Gasteiger partial charge < -0.3 is 10.4 Å². The number of aryl methyl sites for hydroxylation is 2. The summed E-state index contributed by atoms with van der Waals surface area (Å²) in [5.74, 6) is 0.358. The number of carbonyl (C=O) groups excluding carboxylic acids is 2. The molecule has 126 valence electrons. The van der Waals surface area contributed by atoms with Gasteiger partial charge in [0.1, 0.15) is 0 Å². The molecule has 4 nitrogen and oxygen atoms in total. The first-order valence-electron chi connectivity index (χ1n) is 8.50. The van der Waals surface area contributed by atoms with Crippen molar-refractivity contribution in [3.8, 4) is 0 Å². The molecule has 0 aromatic heterocycles. The van der Waals surface area contributed by atoms with Crippen LogP contribution in [0.5, 0.6) is 0 Å². The van der Waals surface area contributed by atoms with Gasteiger partial charge in [-0.15, -0.1) is 0 Å². The molecule has 4 heteroatoms. The van der Waals surface area contributed by atoms with Crippen molar-refractivity contribution in [1.82, 2.24) is 5.32 Å². The van der Waals surface area contributed by atoms with Crippen LogP contribution in [-0.4, -0.2) is 29.4 Å². The van der Waals surface area contributed by atoms with E-state index in [0.717, 1.165) is 36.8 Å². The third-order valence-electron chi connectivity index (χ3n) is 4.88. The van der Waals surface area contributed by atoms with E-state index in [1.165, 1.54) is 0 Å². The van der Waals surface area contributed by atoms with Crippen LogP contribution < -0.4 is 5.32 Å². The van der Waals surface area contributed by atoms with Crippen molar-refractivity contribution in [3.05, 3.63) is 34.9 Å². The highest BCUT2D eigenvalue weighted by molar-refractivity contribution is 5.98. The minimum Gasteiger partial charge on any atom is -0.396 e. The van der Waals surface area contributed by atoms with E-state index in [-0.39, 0.29) is 37.2 Å². The first kappa shape index (κ1) is 17.7. The molecule has 0 heterocycles. The lowest BCUT2D eigenvalue weighted by molar-refractivity contribution is -0.122. The lowest BCUT2D eigenvalue weighted by atomic mass is 9.86. The van der Waals surface area contributed by atoms with Crippen molar-refractivity contribution < 1.29 is 14.7 Å². The average Bonchev–Trinajstić information content (AvgIpc) is 2.56. The molecule has 1 aliphatic rings. The van der Waals surface area contributed by atoms with E-state index >= 15 is 0 Å². The number of aliphatic hydroxyl groups excluding tert-OH is 1. The zero-order chi connectivity index (χ0) is 16.8. The maximum Gasteiger partial charge on any atom is 0.220 e. The van der Waals surface area contributed by atoms with Crippen LogP contribution in [0.15, 0.2) is 18.2 Å². The molecule has 1 saturated carbocycles. The van der Waals surface area contributed by atoms with Crippen LogP contribution >= 0.6 is 0 Å². The Kier molecular flexibility index (Phi) is 6.34. The Labute approximate surface area is 138 Å². The Morgan fingerprint density at radius 1 is 1.09 bits per heavy atom. The summed E-state index contributed by atoms with van der Waals surface area (Å²) in [5.41, 5.74) is 2.95. The van der Waals surface area contributed by atoms with Crippen LogP contribution in [0.3, 0.4) is 0 Å². The molecule has 1 aromatic carbocycles. The third-order valence-corrected chi connectivity index (χ3v) is 4.88. The number of ketones is 1. The van der Waals surface area contributed by atoms with Gasteiger partial charge in [0.25, 0.3) is 0 Å². The lowest BCUT2D eigenvalue weighted by Gasteiger charge is -2.27. The van der Waals surface area contributed by atoms with Crippen molar-refractivity contribution in [1.29, 1.82) is 0 Å². The van der Waals surface area contributed by atoms with Crippen LogP contribution in [0.2, 0.25) is 0 Å². The molecule has 0 saturated heterocycles. The number of carbonyl (C=O) groups is 2. The first-order valence-corrected chi connectivity index (χ1v) is 8.50. The number of nitrogens with one attached hydrogen (secondary N) is 1. The molecule has 0 spiro atoms. The zero-order valence-corrected chi connectivity index (χ0v) is 14.1. The van der Waals surface area contributed by atoms with E-state index in [2.05, 4.69) is 5.32 Å². The molecule has 2 rings (SSSR count). The van der Waals surface area contributed by atoms with Gasteiger partial charge in [-0.25, -0.2) is 0 Å². The second kappa shape index (κ2) is 8.25. The zero-order valence-electron chi connectivity index (χ0n) is 14.1. The molecule has 1 amide bonds. The van der Waals surface area contributed by atoms with E-state index in [1.54, 1.807) is 0 Å². The summed E-state index contributed by atoms with van der Waals surface area (Å²) >= 11 is 0. The van der Waals surface area contributed by atoms with Gasteiger partial charge in [-0.2, -0.15) is 0 Å². The van der Waals surface area contributed by atoms with E-state index in [0.29, 0.717) is 11.5 Å². The second-order valence-corrected chi connectivity index (χ2v) is 6.69. The first-order chi connectivity index (χ1) is 11.0. The fourth-order valence-corrected chi connectivity index (χ4v) is 3.08. The maximum atomic E-state index is 12.2. The highest BCUT2D eigenvalue weighted by atomic mass is 16.3. The number of hydrogen-bond acceptors (Lipinski definition) is 3. The summed E-state index contributed by atoms with van der Waals surface area (Å²) in [6.45, 7) is 4.25. The Hall–Kier alpha value is -1.68. The fraction of sp³-hybridized carbons (Fsp3) is 0.579. The molecule has 2 N–H and O–H groups in total. The normalized spacial score (nSPS) is 21.0. The number of aliphatic hydroxyl groups is 1. The van der Waals surface area contributed by atoms with Crippen LogP contribution in [0.4, 0.5) is 0 Å². The van der Waals surface area contributed by atoms with E-state index in [4.69, 9.17) is 5.11 Å². The number of benzene rings is 1. The van der Waals surface area contributed by atoms with Crippen LogP contribution in [0.1, 0.15) is 60.0 Å². The SMILES string of the molecule is Cc1ccc(C(=O)CCC(=O)NC2CCC(CO)CC2)cc1C. The Bertz CT molecular complexity index is 560. The van der Waals surface area contributed by atoms with Gasteiger partial charge in [-0.05, 0) is 62.6 Å². The molecule has 0 aliphatic heterocycles. The number of amides is 1. The Morgan fingerprint density at radius 2 is 1.78 bits per heavy atom. The van der Waals surface area contributed by atoms with Crippen molar-refractivity contribution in [3.63, 3.8) is 0 Å². The van der Waals surface area contributed by atoms with Crippen molar-refractivity contribution in [2.24, 2.45) is 5.92 Å². The summed E-state index contributed by atoms with van der Waals surface area (Å²) in [4.78, 5) is 24.2. The Balaban J connectivity index is 1.75. The van der Waals surface area contributed by atoms with Crippen molar-refractivity contribution in [2.75, 3.05) is 6.61 Å². The second-order valence-electron chi connectivity index (χ2n) is 6.69. The number of Topliss-reactive ketones (excluding diaryl/α,β-unsaturated/α-hetero) is 1. The molecular formula is C19H27NO3. The molecule has 0 bridgehead atoms. The summed E-state index contributed by atoms with van der Waals surface area (Å²) in [6, 6.07) is 5.87. The predicted molar refractivity (Wildman–Crippen MR) is 90.5 cm³/mol. The van der Waals surface area contributed by atoms with Gasteiger partial charge >= 0.3 is 0 Å². The van der Waals surface area contributed by atoms with Gasteiger partial charge in [0.2, 0.25) is 5.91 Å². The minimum absolute atomic E-state index is 0.0206. The summed E-state index contributed by atoms with van der Waals surface area (Å²) < 4.78 is 0. The standard InChI is InChI=1S/C19H27NO3/c1-13-3-6-16(11-14(13)2)18(22)9-10-19(23)20-17-7-4-15(12-21)5-8-17/h3,6,11,15,17,21H,4-5,7-10,12H2,1-2H3,(H,20,23). The van der Waals surface area contributed by atoms with Gasteiger partial charge in [0.05, 0.1) is 0 Å². The monoisotopic (exact) mass is 317 g/mol. The highest BCUT2D eigenvalue weighted by Crippen LogP contribution is 2.23. The molecule has 0 unspecified atom stereocenters. The summed E-state index contributed by atoms with van der Waals surface area (Å²) in [5, 5.41) is 12.1. The van der Waals surface area contributed by atoms with Gasteiger partial charge in [0.15, 0.2) is 5.78 Å².